The molecule has 0 saturated carbocycles. The summed E-state index contributed by atoms with van der Waals surface area (Å²) >= 11 is 0. The van der Waals surface area contributed by atoms with Crippen molar-refractivity contribution in [3.8, 4) is 12.3 Å². The first kappa shape index (κ1) is 9.20. The van der Waals surface area contributed by atoms with Gasteiger partial charge in [0.05, 0.1) is 12.7 Å². The predicted molar refractivity (Wildman–Crippen MR) is 45.7 cm³/mol. The third-order valence-corrected chi connectivity index (χ3v) is 1.40. The van der Waals surface area contributed by atoms with Crippen LogP contribution in [-0.2, 0) is 16.0 Å². The summed E-state index contributed by atoms with van der Waals surface area (Å²) in [7, 11) is 1.32. The first-order valence-electron chi connectivity index (χ1n) is 3.60. The fourth-order valence-corrected chi connectivity index (χ4v) is 0.722. The van der Waals surface area contributed by atoms with E-state index in [0.717, 1.165) is 0 Å². The smallest absolute Gasteiger partial charge is 0.313 e. The summed E-state index contributed by atoms with van der Waals surface area (Å²) in [4.78, 5) is 18.6. The lowest BCUT2D eigenvalue weighted by Gasteiger charge is -1.97. The molecule has 0 aromatic carbocycles. The second kappa shape index (κ2) is 4.21. The average molecular weight is 176 g/mol. The zero-order valence-electron chi connectivity index (χ0n) is 7.15. The molecule has 4 heteroatoms. The molecule has 0 saturated heterocycles. The summed E-state index contributed by atoms with van der Waals surface area (Å²) in [5.41, 5.74) is 0.591. The average Bonchev–Trinajstić information content (AvgIpc) is 2.19. The highest BCUT2D eigenvalue weighted by atomic mass is 16.5. The maximum atomic E-state index is 10.8. The summed E-state index contributed by atoms with van der Waals surface area (Å²) in [5.74, 6) is 2.42. The number of terminal acetylenes is 1. The van der Waals surface area contributed by atoms with Gasteiger partial charge in [-0.1, -0.05) is 5.92 Å². The number of aromatic nitrogens is 2. The van der Waals surface area contributed by atoms with Gasteiger partial charge in [0.25, 0.3) is 0 Å². The number of carbonyl (C=O) groups excluding carboxylic acids is 1. The van der Waals surface area contributed by atoms with Crippen molar-refractivity contribution >= 4 is 5.97 Å². The van der Waals surface area contributed by atoms with Crippen LogP contribution in [0.1, 0.15) is 11.4 Å². The Morgan fingerprint density at radius 2 is 2.23 bits per heavy atom. The van der Waals surface area contributed by atoms with E-state index in [2.05, 4.69) is 20.6 Å². The molecule has 13 heavy (non-hydrogen) atoms. The SMILES string of the molecule is C#Cc1cnc(CC(=O)OC)nc1. The van der Waals surface area contributed by atoms with Crippen molar-refractivity contribution in [3.05, 3.63) is 23.8 Å². The van der Waals surface area contributed by atoms with Crippen LogP contribution >= 0.6 is 0 Å². The predicted octanol–water partition coefficient (Wildman–Crippen LogP) is 0.173. The van der Waals surface area contributed by atoms with Crippen LogP contribution in [0.25, 0.3) is 0 Å². The van der Waals surface area contributed by atoms with Gasteiger partial charge < -0.3 is 4.74 Å². The van der Waals surface area contributed by atoms with E-state index in [4.69, 9.17) is 6.42 Å². The quantitative estimate of drug-likeness (QED) is 0.476. The minimum atomic E-state index is -0.367. The highest BCUT2D eigenvalue weighted by Gasteiger charge is 2.04. The zero-order chi connectivity index (χ0) is 9.68. The van der Waals surface area contributed by atoms with Crippen molar-refractivity contribution in [1.82, 2.24) is 9.97 Å². The van der Waals surface area contributed by atoms with Gasteiger partial charge in [-0.15, -0.1) is 6.42 Å². The highest BCUT2D eigenvalue weighted by molar-refractivity contribution is 5.71. The Bertz CT molecular complexity index is 338. The minimum absolute atomic E-state index is 0.0708. The van der Waals surface area contributed by atoms with E-state index >= 15 is 0 Å². The molecule has 66 valence electrons. The molecule has 0 unspecified atom stereocenters. The van der Waals surface area contributed by atoms with Gasteiger partial charge in [-0.05, 0) is 0 Å². The van der Waals surface area contributed by atoms with Crippen molar-refractivity contribution in [2.75, 3.05) is 7.11 Å². The Morgan fingerprint density at radius 3 is 2.69 bits per heavy atom. The van der Waals surface area contributed by atoms with Gasteiger partial charge in [0.15, 0.2) is 0 Å². The van der Waals surface area contributed by atoms with Crippen LogP contribution in [0.4, 0.5) is 0 Å². The van der Waals surface area contributed by atoms with Crippen LogP contribution in [0.2, 0.25) is 0 Å². The second-order valence-corrected chi connectivity index (χ2v) is 2.29. The van der Waals surface area contributed by atoms with Gasteiger partial charge in [-0.2, -0.15) is 0 Å². The summed E-state index contributed by atoms with van der Waals surface area (Å²) in [6.45, 7) is 0. The lowest BCUT2D eigenvalue weighted by atomic mass is 10.3. The van der Waals surface area contributed by atoms with E-state index in [1.807, 2.05) is 0 Å². The molecular weight excluding hydrogens is 168 g/mol. The molecule has 0 bridgehead atoms. The topological polar surface area (TPSA) is 52.1 Å². The number of esters is 1. The van der Waals surface area contributed by atoms with Gasteiger partial charge in [0.1, 0.15) is 12.2 Å². The van der Waals surface area contributed by atoms with Gasteiger partial charge >= 0.3 is 5.97 Å². The molecule has 1 rings (SSSR count). The van der Waals surface area contributed by atoms with Crippen molar-refractivity contribution in [3.63, 3.8) is 0 Å². The molecule has 0 spiro atoms. The summed E-state index contributed by atoms with van der Waals surface area (Å²) in [6, 6.07) is 0. The monoisotopic (exact) mass is 176 g/mol. The number of nitrogens with zero attached hydrogens (tertiary/aromatic N) is 2. The Kier molecular flexibility index (Phi) is 2.98. The van der Waals surface area contributed by atoms with Crippen LogP contribution in [-0.4, -0.2) is 23.0 Å². The van der Waals surface area contributed by atoms with E-state index in [0.29, 0.717) is 11.4 Å². The van der Waals surface area contributed by atoms with Crippen molar-refractivity contribution in [2.45, 2.75) is 6.42 Å². The molecular formula is C9H8N2O2. The lowest BCUT2D eigenvalue weighted by molar-refractivity contribution is -0.139. The van der Waals surface area contributed by atoms with Crippen LogP contribution < -0.4 is 0 Å². The largest absolute Gasteiger partial charge is 0.469 e. The molecule has 4 nitrogen and oxygen atoms in total. The van der Waals surface area contributed by atoms with Crippen molar-refractivity contribution in [2.24, 2.45) is 0 Å². The Balaban J connectivity index is 2.71. The summed E-state index contributed by atoms with van der Waals surface area (Å²) < 4.78 is 4.45. The first-order chi connectivity index (χ1) is 6.26. The van der Waals surface area contributed by atoms with Crippen LogP contribution in [0.3, 0.4) is 0 Å². The summed E-state index contributed by atoms with van der Waals surface area (Å²) in [5, 5.41) is 0. The third-order valence-electron chi connectivity index (χ3n) is 1.40. The Hall–Kier alpha value is -1.89. The van der Waals surface area contributed by atoms with Gasteiger partial charge in [-0.3, -0.25) is 4.79 Å². The number of hydrogen-bond donors (Lipinski definition) is 0. The minimum Gasteiger partial charge on any atom is -0.469 e. The first-order valence-corrected chi connectivity index (χ1v) is 3.60. The maximum absolute atomic E-state index is 10.8. The fourth-order valence-electron chi connectivity index (χ4n) is 0.722. The van der Waals surface area contributed by atoms with E-state index in [-0.39, 0.29) is 12.4 Å². The number of ether oxygens (including phenoxy) is 1. The van der Waals surface area contributed by atoms with E-state index in [1.54, 1.807) is 0 Å². The second-order valence-electron chi connectivity index (χ2n) is 2.29. The van der Waals surface area contributed by atoms with Crippen molar-refractivity contribution in [1.29, 1.82) is 0 Å². The molecule has 0 atom stereocenters. The molecule has 0 amide bonds. The van der Waals surface area contributed by atoms with Crippen LogP contribution in [0, 0.1) is 12.3 Å². The standard InChI is InChI=1S/C9H8N2O2/c1-3-7-5-10-8(11-6-7)4-9(12)13-2/h1,5-6H,4H2,2H3. The van der Waals surface area contributed by atoms with Gasteiger partial charge in [0, 0.05) is 12.4 Å². The molecule has 0 fully saturated rings. The molecule has 0 aliphatic rings. The molecule has 0 radical (unpaired) electrons. The van der Waals surface area contributed by atoms with Crippen LogP contribution in [0.5, 0.6) is 0 Å². The molecule has 0 aliphatic carbocycles. The number of hydrogen-bond acceptors (Lipinski definition) is 4. The van der Waals surface area contributed by atoms with Gasteiger partial charge in [0.2, 0.25) is 0 Å². The number of methoxy groups -OCH3 is 1. The molecule has 1 aromatic rings. The fraction of sp³-hybridized carbons (Fsp3) is 0.222. The normalized spacial score (nSPS) is 8.92. The van der Waals surface area contributed by atoms with Crippen LogP contribution in [0.15, 0.2) is 12.4 Å². The Morgan fingerprint density at radius 1 is 1.62 bits per heavy atom. The highest BCUT2D eigenvalue weighted by Crippen LogP contribution is 1.95. The summed E-state index contributed by atoms with van der Waals surface area (Å²) in [6.07, 6.45) is 8.16. The molecule has 1 heterocycles. The lowest BCUT2D eigenvalue weighted by Crippen LogP contribution is -2.07. The van der Waals surface area contributed by atoms with E-state index in [9.17, 15) is 4.79 Å². The third kappa shape index (κ3) is 2.56. The number of carbonyl (C=O) groups is 1. The van der Waals surface area contributed by atoms with Gasteiger partial charge in [-0.25, -0.2) is 9.97 Å². The molecule has 0 N–H and O–H groups in total. The Labute approximate surface area is 76.0 Å². The maximum Gasteiger partial charge on any atom is 0.313 e. The van der Waals surface area contributed by atoms with E-state index < -0.39 is 0 Å². The molecule has 1 aromatic heterocycles. The van der Waals surface area contributed by atoms with E-state index in [1.165, 1.54) is 19.5 Å². The molecule has 0 aliphatic heterocycles. The van der Waals surface area contributed by atoms with Crippen molar-refractivity contribution < 1.29 is 9.53 Å². The number of rotatable bonds is 2. The zero-order valence-corrected chi connectivity index (χ0v) is 7.15.